The third-order valence-corrected chi connectivity index (χ3v) is 4.99. The average molecular weight is 290 g/mol. The van der Waals surface area contributed by atoms with Crippen molar-refractivity contribution in [2.24, 2.45) is 0 Å². The van der Waals surface area contributed by atoms with Gasteiger partial charge in [-0.3, -0.25) is 0 Å². The molecule has 0 bridgehead atoms. The van der Waals surface area contributed by atoms with Gasteiger partial charge in [-0.05, 0) is 50.3 Å². The van der Waals surface area contributed by atoms with Crippen molar-refractivity contribution in [1.82, 2.24) is 10.3 Å². The highest BCUT2D eigenvalue weighted by molar-refractivity contribution is 7.15. The van der Waals surface area contributed by atoms with Crippen LogP contribution in [0.15, 0.2) is 16.7 Å². The Balaban J connectivity index is 1.65. The summed E-state index contributed by atoms with van der Waals surface area (Å²) in [5.74, 6) is 1.78. The fourth-order valence-corrected chi connectivity index (χ4v) is 3.85. The van der Waals surface area contributed by atoms with E-state index < -0.39 is 0 Å². The predicted octanol–water partition coefficient (Wildman–Crippen LogP) is 3.82. The molecule has 1 N–H and O–H groups in total. The average Bonchev–Trinajstić information content (AvgIpc) is 3.09. The van der Waals surface area contributed by atoms with E-state index in [0.717, 1.165) is 37.6 Å². The van der Waals surface area contributed by atoms with Gasteiger partial charge in [0.15, 0.2) is 11.7 Å². The standard InChI is InChI=1S/C16H22N2OS/c1-2-8-17-9-7-16-18-11-13(19-16)15-10-12-5-3-4-6-14(12)20-15/h10-11,17H,2-9H2,1H3. The van der Waals surface area contributed by atoms with Crippen molar-refractivity contribution in [3.63, 3.8) is 0 Å². The molecule has 0 fully saturated rings. The molecular weight excluding hydrogens is 268 g/mol. The van der Waals surface area contributed by atoms with Crippen LogP contribution in [0.25, 0.3) is 10.6 Å². The zero-order chi connectivity index (χ0) is 13.8. The number of aromatic nitrogens is 1. The topological polar surface area (TPSA) is 38.1 Å². The van der Waals surface area contributed by atoms with E-state index >= 15 is 0 Å². The highest BCUT2D eigenvalue weighted by Crippen LogP contribution is 2.35. The minimum atomic E-state index is 0.843. The summed E-state index contributed by atoms with van der Waals surface area (Å²) in [6, 6.07) is 2.30. The molecule has 0 amide bonds. The molecular formula is C16H22N2OS. The van der Waals surface area contributed by atoms with E-state index in [-0.39, 0.29) is 0 Å². The second kappa shape index (κ2) is 6.55. The van der Waals surface area contributed by atoms with Gasteiger partial charge in [0, 0.05) is 17.8 Å². The summed E-state index contributed by atoms with van der Waals surface area (Å²) in [5, 5.41) is 3.37. The summed E-state index contributed by atoms with van der Waals surface area (Å²) >= 11 is 1.88. The number of oxazole rings is 1. The van der Waals surface area contributed by atoms with Gasteiger partial charge in [-0.25, -0.2) is 4.98 Å². The predicted molar refractivity (Wildman–Crippen MR) is 83.3 cm³/mol. The third-order valence-electron chi connectivity index (χ3n) is 3.74. The number of nitrogens with zero attached hydrogens (tertiary/aromatic N) is 1. The Kier molecular flexibility index (Phi) is 4.53. The van der Waals surface area contributed by atoms with Gasteiger partial charge in [0.2, 0.25) is 0 Å². The minimum Gasteiger partial charge on any atom is -0.440 e. The van der Waals surface area contributed by atoms with Crippen LogP contribution in [0.2, 0.25) is 0 Å². The number of rotatable bonds is 6. The molecule has 4 heteroatoms. The van der Waals surface area contributed by atoms with E-state index in [2.05, 4.69) is 23.3 Å². The normalized spacial score (nSPS) is 14.4. The van der Waals surface area contributed by atoms with E-state index in [1.807, 2.05) is 17.5 Å². The van der Waals surface area contributed by atoms with Crippen LogP contribution in [-0.2, 0) is 19.3 Å². The lowest BCUT2D eigenvalue weighted by molar-refractivity contribution is 0.495. The molecule has 0 unspecified atom stereocenters. The van der Waals surface area contributed by atoms with Crippen molar-refractivity contribution in [1.29, 1.82) is 0 Å². The number of hydrogen-bond donors (Lipinski definition) is 1. The summed E-state index contributed by atoms with van der Waals surface area (Å²) in [6.45, 7) is 4.18. The second-order valence-electron chi connectivity index (χ2n) is 5.38. The maximum Gasteiger partial charge on any atom is 0.196 e. The number of fused-ring (bicyclic) bond motifs is 1. The Labute approximate surface area is 124 Å². The summed E-state index contributed by atoms with van der Waals surface area (Å²) in [4.78, 5) is 7.19. The Hall–Kier alpha value is -1.13. The van der Waals surface area contributed by atoms with Gasteiger partial charge in [0.05, 0.1) is 11.1 Å². The molecule has 2 aromatic heterocycles. The fourth-order valence-electron chi connectivity index (χ4n) is 2.65. The highest BCUT2D eigenvalue weighted by atomic mass is 32.1. The molecule has 2 heterocycles. The Bertz CT molecular complexity index is 535. The van der Waals surface area contributed by atoms with Crippen molar-refractivity contribution in [3.05, 3.63) is 28.6 Å². The van der Waals surface area contributed by atoms with Crippen LogP contribution in [0.5, 0.6) is 0 Å². The molecule has 108 valence electrons. The minimum absolute atomic E-state index is 0.843. The molecule has 0 saturated heterocycles. The van der Waals surface area contributed by atoms with Gasteiger partial charge in [0.25, 0.3) is 0 Å². The van der Waals surface area contributed by atoms with Crippen LogP contribution in [0.4, 0.5) is 0 Å². The Morgan fingerprint density at radius 1 is 1.30 bits per heavy atom. The van der Waals surface area contributed by atoms with Crippen LogP contribution >= 0.6 is 11.3 Å². The number of hydrogen-bond acceptors (Lipinski definition) is 4. The van der Waals surface area contributed by atoms with Gasteiger partial charge >= 0.3 is 0 Å². The number of thiophene rings is 1. The van der Waals surface area contributed by atoms with Gasteiger partial charge < -0.3 is 9.73 Å². The molecule has 3 nitrogen and oxygen atoms in total. The van der Waals surface area contributed by atoms with Crippen LogP contribution in [0.1, 0.15) is 42.5 Å². The molecule has 0 aliphatic heterocycles. The highest BCUT2D eigenvalue weighted by Gasteiger charge is 2.16. The zero-order valence-corrected chi connectivity index (χ0v) is 12.9. The molecule has 0 spiro atoms. The second-order valence-corrected chi connectivity index (χ2v) is 6.52. The SMILES string of the molecule is CCCNCCc1ncc(-c2cc3c(s2)CCCC3)o1. The summed E-state index contributed by atoms with van der Waals surface area (Å²) in [5.41, 5.74) is 1.53. The maximum atomic E-state index is 5.89. The lowest BCUT2D eigenvalue weighted by Gasteiger charge is -2.08. The van der Waals surface area contributed by atoms with Crippen molar-refractivity contribution < 1.29 is 4.42 Å². The molecule has 0 radical (unpaired) electrons. The molecule has 3 rings (SSSR count). The first-order chi connectivity index (χ1) is 9.86. The van der Waals surface area contributed by atoms with Crippen molar-refractivity contribution in [2.45, 2.75) is 45.4 Å². The van der Waals surface area contributed by atoms with E-state index in [1.165, 1.54) is 36.1 Å². The fraction of sp³-hybridized carbons (Fsp3) is 0.562. The van der Waals surface area contributed by atoms with Gasteiger partial charge in [0.1, 0.15) is 0 Å². The van der Waals surface area contributed by atoms with Crippen molar-refractivity contribution in [2.75, 3.05) is 13.1 Å². The van der Waals surface area contributed by atoms with Gasteiger partial charge in [-0.15, -0.1) is 11.3 Å². The first kappa shape index (κ1) is 13.8. The Morgan fingerprint density at radius 3 is 3.05 bits per heavy atom. The summed E-state index contributed by atoms with van der Waals surface area (Å²) in [7, 11) is 0. The number of aryl methyl sites for hydroxylation is 2. The van der Waals surface area contributed by atoms with Crippen LogP contribution in [0.3, 0.4) is 0 Å². The van der Waals surface area contributed by atoms with E-state index in [4.69, 9.17) is 4.42 Å². The van der Waals surface area contributed by atoms with Gasteiger partial charge in [-0.2, -0.15) is 0 Å². The Morgan fingerprint density at radius 2 is 2.20 bits per heavy atom. The molecule has 20 heavy (non-hydrogen) atoms. The first-order valence-corrected chi connectivity index (χ1v) is 8.46. The first-order valence-electron chi connectivity index (χ1n) is 7.64. The molecule has 2 aromatic rings. The molecule has 0 atom stereocenters. The van der Waals surface area contributed by atoms with Crippen LogP contribution < -0.4 is 5.32 Å². The van der Waals surface area contributed by atoms with E-state index in [9.17, 15) is 0 Å². The smallest absolute Gasteiger partial charge is 0.196 e. The van der Waals surface area contributed by atoms with Crippen LogP contribution in [0, 0.1) is 0 Å². The quantitative estimate of drug-likeness (QED) is 0.822. The lowest BCUT2D eigenvalue weighted by atomic mass is 9.99. The zero-order valence-electron chi connectivity index (χ0n) is 12.1. The van der Waals surface area contributed by atoms with Crippen molar-refractivity contribution >= 4 is 11.3 Å². The van der Waals surface area contributed by atoms with E-state index in [1.54, 1.807) is 4.88 Å². The molecule has 1 aliphatic carbocycles. The summed E-state index contributed by atoms with van der Waals surface area (Å²) in [6.07, 6.45) is 9.04. The van der Waals surface area contributed by atoms with E-state index in [0.29, 0.717) is 0 Å². The number of nitrogens with one attached hydrogen (secondary N) is 1. The van der Waals surface area contributed by atoms with Crippen molar-refractivity contribution in [3.8, 4) is 10.6 Å². The summed E-state index contributed by atoms with van der Waals surface area (Å²) < 4.78 is 5.89. The monoisotopic (exact) mass is 290 g/mol. The molecule has 0 saturated carbocycles. The van der Waals surface area contributed by atoms with Gasteiger partial charge in [-0.1, -0.05) is 6.92 Å². The van der Waals surface area contributed by atoms with Crippen LogP contribution in [-0.4, -0.2) is 18.1 Å². The molecule has 1 aliphatic rings. The largest absolute Gasteiger partial charge is 0.440 e. The molecule has 0 aromatic carbocycles. The lowest BCUT2D eigenvalue weighted by Crippen LogP contribution is -2.17. The maximum absolute atomic E-state index is 5.89. The third kappa shape index (κ3) is 3.13.